The molecule has 3 rings (SSSR count). The number of aryl methyl sites for hydroxylation is 2. The largest absolute Gasteiger partial charge is 0.398 e. The van der Waals surface area contributed by atoms with E-state index in [2.05, 4.69) is 62.4 Å². The van der Waals surface area contributed by atoms with Gasteiger partial charge in [-0.3, -0.25) is 0 Å². The van der Waals surface area contributed by atoms with E-state index in [-0.39, 0.29) is 0 Å². The van der Waals surface area contributed by atoms with Gasteiger partial charge in [-0.05, 0) is 31.0 Å². The van der Waals surface area contributed by atoms with Crippen molar-refractivity contribution in [2.24, 2.45) is 0 Å². The predicted molar refractivity (Wildman–Crippen MR) is 95.6 cm³/mol. The van der Waals surface area contributed by atoms with Gasteiger partial charge < -0.3 is 11.5 Å². The molecule has 0 bridgehead atoms. The normalized spacial score (nSPS) is 10.6. The van der Waals surface area contributed by atoms with Crippen molar-refractivity contribution in [2.45, 2.75) is 13.8 Å². The van der Waals surface area contributed by atoms with Crippen LogP contribution in [0.2, 0.25) is 0 Å². The zero-order valence-electron chi connectivity index (χ0n) is 12.9. The summed E-state index contributed by atoms with van der Waals surface area (Å²) in [6.45, 7) is 4.15. The summed E-state index contributed by atoms with van der Waals surface area (Å²) >= 11 is 0. The van der Waals surface area contributed by atoms with Crippen LogP contribution in [0.5, 0.6) is 0 Å². The molecule has 0 unspecified atom stereocenters. The second-order valence-electron chi connectivity index (χ2n) is 5.72. The summed E-state index contributed by atoms with van der Waals surface area (Å²) in [6.07, 6.45) is 0. The van der Waals surface area contributed by atoms with Crippen LogP contribution >= 0.6 is 0 Å². The van der Waals surface area contributed by atoms with Crippen LogP contribution in [0.1, 0.15) is 11.1 Å². The molecule has 0 saturated carbocycles. The SMILES string of the molecule is Cc1ccc(-c2ccc(N)c(-c3ccc(C)cc3)c2N)cc1. The zero-order chi connectivity index (χ0) is 15.7. The fourth-order valence-corrected chi connectivity index (χ4v) is 2.66. The predicted octanol–water partition coefficient (Wildman–Crippen LogP) is 4.80. The molecule has 0 aliphatic heterocycles. The average molecular weight is 288 g/mol. The molecule has 2 nitrogen and oxygen atoms in total. The zero-order valence-corrected chi connectivity index (χ0v) is 12.9. The monoisotopic (exact) mass is 288 g/mol. The third kappa shape index (κ3) is 2.56. The van der Waals surface area contributed by atoms with Crippen LogP contribution in [0.15, 0.2) is 60.7 Å². The first-order valence-corrected chi connectivity index (χ1v) is 7.38. The molecule has 0 atom stereocenters. The maximum atomic E-state index is 6.44. The van der Waals surface area contributed by atoms with Gasteiger partial charge >= 0.3 is 0 Å². The van der Waals surface area contributed by atoms with Crippen molar-refractivity contribution in [1.29, 1.82) is 0 Å². The Morgan fingerprint density at radius 3 is 1.64 bits per heavy atom. The van der Waals surface area contributed by atoms with Gasteiger partial charge in [-0.1, -0.05) is 65.7 Å². The lowest BCUT2D eigenvalue weighted by Crippen LogP contribution is -1.99. The number of nitrogen functional groups attached to an aromatic ring is 2. The Kier molecular flexibility index (Phi) is 3.60. The molecule has 2 heteroatoms. The summed E-state index contributed by atoms with van der Waals surface area (Å²) in [4.78, 5) is 0. The van der Waals surface area contributed by atoms with Gasteiger partial charge in [-0.15, -0.1) is 0 Å². The number of nitrogens with two attached hydrogens (primary N) is 2. The Bertz CT molecular complexity index is 800. The van der Waals surface area contributed by atoms with Crippen LogP contribution in [-0.2, 0) is 0 Å². The maximum Gasteiger partial charge on any atom is 0.0494 e. The fraction of sp³-hybridized carbons (Fsp3) is 0.100. The van der Waals surface area contributed by atoms with Crippen LogP contribution in [0.4, 0.5) is 11.4 Å². The summed E-state index contributed by atoms with van der Waals surface area (Å²) in [5.41, 5.74) is 20.6. The number of rotatable bonds is 2. The molecule has 0 aliphatic carbocycles. The highest BCUT2D eigenvalue weighted by molar-refractivity contribution is 5.95. The molecular weight excluding hydrogens is 268 g/mol. The topological polar surface area (TPSA) is 52.0 Å². The number of benzene rings is 3. The molecule has 3 aromatic rings. The summed E-state index contributed by atoms with van der Waals surface area (Å²) < 4.78 is 0. The summed E-state index contributed by atoms with van der Waals surface area (Å²) in [5, 5.41) is 0. The molecule has 0 radical (unpaired) electrons. The van der Waals surface area contributed by atoms with Gasteiger partial charge in [0.2, 0.25) is 0 Å². The highest BCUT2D eigenvalue weighted by atomic mass is 14.6. The van der Waals surface area contributed by atoms with Crippen LogP contribution in [0.25, 0.3) is 22.3 Å². The molecule has 0 aromatic heterocycles. The molecule has 3 aromatic carbocycles. The molecule has 110 valence electrons. The van der Waals surface area contributed by atoms with E-state index in [1.54, 1.807) is 0 Å². The molecule has 0 fully saturated rings. The lowest BCUT2D eigenvalue weighted by atomic mass is 9.94. The van der Waals surface area contributed by atoms with Gasteiger partial charge in [-0.25, -0.2) is 0 Å². The van der Waals surface area contributed by atoms with Gasteiger partial charge in [0, 0.05) is 22.5 Å². The highest BCUT2D eigenvalue weighted by Crippen LogP contribution is 2.38. The van der Waals surface area contributed by atoms with Gasteiger partial charge in [0.1, 0.15) is 0 Å². The lowest BCUT2D eigenvalue weighted by Gasteiger charge is -2.15. The van der Waals surface area contributed by atoms with E-state index in [0.29, 0.717) is 5.69 Å². The van der Waals surface area contributed by atoms with Crippen molar-refractivity contribution in [2.75, 3.05) is 11.5 Å². The Balaban J connectivity index is 2.17. The maximum absolute atomic E-state index is 6.44. The van der Waals surface area contributed by atoms with E-state index in [4.69, 9.17) is 11.5 Å². The third-order valence-corrected chi connectivity index (χ3v) is 3.98. The van der Waals surface area contributed by atoms with Gasteiger partial charge in [0.15, 0.2) is 0 Å². The van der Waals surface area contributed by atoms with Crippen LogP contribution in [0, 0.1) is 13.8 Å². The average Bonchev–Trinajstić information content (AvgIpc) is 2.51. The minimum Gasteiger partial charge on any atom is -0.398 e. The van der Waals surface area contributed by atoms with E-state index in [1.807, 2.05) is 12.1 Å². The van der Waals surface area contributed by atoms with Crippen molar-refractivity contribution in [3.8, 4) is 22.3 Å². The second kappa shape index (κ2) is 5.57. The van der Waals surface area contributed by atoms with Gasteiger partial charge in [0.25, 0.3) is 0 Å². The minimum absolute atomic E-state index is 0.706. The molecule has 22 heavy (non-hydrogen) atoms. The Labute approximate surface area is 131 Å². The summed E-state index contributed by atoms with van der Waals surface area (Å²) in [6, 6.07) is 20.6. The van der Waals surface area contributed by atoms with Crippen molar-refractivity contribution in [3.63, 3.8) is 0 Å². The fourth-order valence-electron chi connectivity index (χ4n) is 2.66. The van der Waals surface area contributed by atoms with E-state index in [1.165, 1.54) is 11.1 Å². The molecule has 0 aliphatic rings. The molecule has 4 N–H and O–H groups in total. The first kappa shape index (κ1) is 14.2. The van der Waals surface area contributed by atoms with Crippen LogP contribution in [0.3, 0.4) is 0 Å². The van der Waals surface area contributed by atoms with E-state index in [0.717, 1.165) is 27.9 Å². The minimum atomic E-state index is 0.706. The molecule has 0 saturated heterocycles. The first-order valence-electron chi connectivity index (χ1n) is 7.38. The molecule has 0 heterocycles. The van der Waals surface area contributed by atoms with Gasteiger partial charge in [-0.2, -0.15) is 0 Å². The molecule has 0 spiro atoms. The number of hydrogen-bond acceptors (Lipinski definition) is 2. The van der Waals surface area contributed by atoms with Crippen molar-refractivity contribution >= 4 is 11.4 Å². The van der Waals surface area contributed by atoms with Crippen molar-refractivity contribution in [1.82, 2.24) is 0 Å². The Morgan fingerprint density at radius 1 is 0.591 bits per heavy atom. The molecule has 0 amide bonds. The standard InChI is InChI=1S/C20H20N2/c1-13-3-7-15(8-4-13)17-11-12-18(21)19(20(17)22)16-9-5-14(2)6-10-16/h3-12H,21-22H2,1-2H3. The number of anilines is 2. The second-order valence-corrected chi connectivity index (χ2v) is 5.72. The summed E-state index contributed by atoms with van der Waals surface area (Å²) in [7, 11) is 0. The first-order chi connectivity index (χ1) is 10.6. The summed E-state index contributed by atoms with van der Waals surface area (Å²) in [5.74, 6) is 0. The van der Waals surface area contributed by atoms with E-state index in [9.17, 15) is 0 Å². The van der Waals surface area contributed by atoms with E-state index < -0.39 is 0 Å². The smallest absolute Gasteiger partial charge is 0.0494 e. The third-order valence-electron chi connectivity index (χ3n) is 3.98. The Hall–Kier alpha value is -2.74. The van der Waals surface area contributed by atoms with Crippen molar-refractivity contribution < 1.29 is 0 Å². The lowest BCUT2D eigenvalue weighted by molar-refractivity contribution is 1.46. The van der Waals surface area contributed by atoms with Crippen LogP contribution < -0.4 is 11.5 Å². The van der Waals surface area contributed by atoms with E-state index >= 15 is 0 Å². The van der Waals surface area contributed by atoms with Gasteiger partial charge in [0.05, 0.1) is 0 Å². The quantitative estimate of drug-likeness (QED) is 0.665. The molecular formula is C20H20N2. The Morgan fingerprint density at radius 2 is 1.09 bits per heavy atom. The van der Waals surface area contributed by atoms with Crippen molar-refractivity contribution in [3.05, 3.63) is 71.8 Å². The highest BCUT2D eigenvalue weighted by Gasteiger charge is 2.12. The number of hydrogen-bond donors (Lipinski definition) is 2. The van der Waals surface area contributed by atoms with Crippen LogP contribution in [-0.4, -0.2) is 0 Å².